The number of aromatic nitrogens is 2. The van der Waals surface area contributed by atoms with Crippen molar-refractivity contribution in [1.29, 1.82) is 0 Å². The monoisotopic (exact) mass is 268 g/mol. The smallest absolute Gasteiger partial charge is 0.132 e. The van der Waals surface area contributed by atoms with E-state index in [4.69, 9.17) is 11.6 Å². The van der Waals surface area contributed by atoms with Gasteiger partial charge in [-0.05, 0) is 6.92 Å². The first kappa shape index (κ1) is 13.6. The largest absolute Gasteiger partial charge is 0.354 e. The maximum atomic E-state index is 5.77. The molecule has 1 aliphatic heterocycles. The molecule has 0 aliphatic carbocycles. The molecular weight excluding hydrogens is 248 g/mol. The van der Waals surface area contributed by atoms with Gasteiger partial charge in [-0.2, -0.15) is 0 Å². The lowest BCUT2D eigenvalue weighted by atomic mass is 10.3. The van der Waals surface area contributed by atoms with Gasteiger partial charge in [0.1, 0.15) is 11.6 Å². The third-order valence-electron chi connectivity index (χ3n) is 3.30. The molecule has 0 unspecified atom stereocenters. The van der Waals surface area contributed by atoms with Gasteiger partial charge in [-0.15, -0.1) is 11.6 Å². The molecule has 18 heavy (non-hydrogen) atoms. The lowest BCUT2D eigenvalue weighted by molar-refractivity contribution is 0.272. The molecule has 4 nitrogen and oxygen atoms in total. The minimum absolute atomic E-state index is 0.715. The zero-order chi connectivity index (χ0) is 13.0. The van der Waals surface area contributed by atoms with Crippen molar-refractivity contribution < 1.29 is 0 Å². The maximum Gasteiger partial charge on any atom is 0.132 e. The summed E-state index contributed by atoms with van der Waals surface area (Å²) in [4.78, 5) is 13.8. The van der Waals surface area contributed by atoms with Crippen molar-refractivity contribution in [1.82, 2.24) is 14.9 Å². The van der Waals surface area contributed by atoms with E-state index in [1.54, 1.807) is 0 Å². The number of hydrogen-bond acceptors (Lipinski definition) is 4. The summed E-state index contributed by atoms with van der Waals surface area (Å²) in [6.45, 7) is 9.30. The summed E-state index contributed by atoms with van der Waals surface area (Å²) in [5, 5.41) is 0. The van der Waals surface area contributed by atoms with E-state index in [9.17, 15) is 0 Å². The molecule has 1 aromatic rings. The second-order valence-electron chi connectivity index (χ2n) is 4.65. The average Bonchev–Trinajstić information content (AvgIpc) is 2.39. The molecule has 0 atom stereocenters. The van der Waals surface area contributed by atoms with Crippen LogP contribution in [0.3, 0.4) is 0 Å². The Labute approximate surface area is 114 Å². The van der Waals surface area contributed by atoms with Gasteiger partial charge in [-0.3, -0.25) is 4.90 Å². The number of hydrogen-bond donors (Lipinski definition) is 0. The van der Waals surface area contributed by atoms with Crippen LogP contribution in [0.2, 0.25) is 0 Å². The van der Waals surface area contributed by atoms with Gasteiger partial charge >= 0.3 is 0 Å². The van der Waals surface area contributed by atoms with Crippen LogP contribution in [0.1, 0.15) is 18.4 Å². The van der Waals surface area contributed by atoms with E-state index in [-0.39, 0.29) is 0 Å². The fourth-order valence-corrected chi connectivity index (χ4v) is 2.49. The van der Waals surface area contributed by atoms with Crippen molar-refractivity contribution >= 4 is 17.4 Å². The van der Waals surface area contributed by atoms with Crippen LogP contribution >= 0.6 is 11.6 Å². The lowest BCUT2D eigenvalue weighted by Crippen LogP contribution is -2.47. The molecule has 0 radical (unpaired) electrons. The number of nitrogens with zero attached hydrogens (tertiary/aromatic N) is 4. The van der Waals surface area contributed by atoms with E-state index >= 15 is 0 Å². The highest BCUT2D eigenvalue weighted by atomic mass is 35.5. The second-order valence-corrected chi connectivity index (χ2v) is 5.03. The predicted molar refractivity (Wildman–Crippen MR) is 75.5 cm³/mol. The Bertz CT molecular complexity index is 389. The summed E-state index contributed by atoms with van der Waals surface area (Å²) < 4.78 is 0. The molecule has 5 heteroatoms. The van der Waals surface area contributed by atoms with E-state index in [2.05, 4.69) is 32.8 Å². The van der Waals surface area contributed by atoms with Crippen molar-refractivity contribution in [2.75, 3.05) is 43.5 Å². The first-order valence-corrected chi connectivity index (χ1v) is 7.14. The van der Waals surface area contributed by atoms with Gasteiger partial charge in [-0.1, -0.05) is 6.92 Å². The number of halogens is 1. The average molecular weight is 269 g/mol. The molecule has 1 aromatic heterocycles. The normalized spacial score (nSPS) is 17.2. The Morgan fingerprint density at radius 2 is 1.94 bits per heavy atom. The summed E-state index contributed by atoms with van der Waals surface area (Å²) in [7, 11) is 0. The molecule has 100 valence electrons. The Morgan fingerprint density at radius 1 is 1.22 bits per heavy atom. The topological polar surface area (TPSA) is 32.3 Å². The van der Waals surface area contributed by atoms with Crippen LogP contribution in [-0.2, 0) is 6.42 Å². The predicted octanol–water partition coefficient (Wildman–Crippen LogP) is 1.71. The lowest BCUT2D eigenvalue weighted by Gasteiger charge is -2.35. The van der Waals surface area contributed by atoms with Gasteiger partial charge in [0.25, 0.3) is 0 Å². The molecular formula is C13H21ClN4. The van der Waals surface area contributed by atoms with E-state index in [1.165, 1.54) is 0 Å². The Kier molecular flexibility index (Phi) is 4.78. The number of alkyl halides is 1. The first-order chi connectivity index (χ1) is 8.72. The summed E-state index contributed by atoms with van der Waals surface area (Å²) in [6, 6.07) is 2.08. The van der Waals surface area contributed by atoms with Gasteiger partial charge in [0.2, 0.25) is 0 Å². The molecule has 1 aliphatic rings. The summed E-state index contributed by atoms with van der Waals surface area (Å²) in [5.41, 5.74) is 1.06. The highest BCUT2D eigenvalue weighted by Gasteiger charge is 2.18. The van der Waals surface area contributed by atoms with Gasteiger partial charge in [0.05, 0.1) is 0 Å². The molecule has 0 bridgehead atoms. The first-order valence-electron chi connectivity index (χ1n) is 6.60. The minimum atomic E-state index is 0.715. The molecule has 2 heterocycles. The molecule has 0 N–H and O–H groups in total. The molecule has 0 aromatic carbocycles. The molecule has 0 spiro atoms. The van der Waals surface area contributed by atoms with Crippen LogP contribution in [0.25, 0.3) is 0 Å². The van der Waals surface area contributed by atoms with Crippen molar-refractivity contribution in [3.8, 4) is 0 Å². The number of rotatable bonds is 4. The zero-order valence-electron chi connectivity index (χ0n) is 11.2. The van der Waals surface area contributed by atoms with E-state index in [0.29, 0.717) is 5.88 Å². The molecule has 2 rings (SSSR count). The van der Waals surface area contributed by atoms with Gasteiger partial charge in [0, 0.05) is 56.8 Å². The fraction of sp³-hybridized carbons (Fsp3) is 0.692. The second kappa shape index (κ2) is 6.34. The Balaban J connectivity index is 2.02. The van der Waals surface area contributed by atoms with Crippen LogP contribution in [-0.4, -0.2) is 53.5 Å². The number of anilines is 1. The van der Waals surface area contributed by atoms with Crippen LogP contribution in [0, 0.1) is 6.92 Å². The highest BCUT2D eigenvalue weighted by Crippen LogP contribution is 2.15. The quantitative estimate of drug-likeness (QED) is 0.779. The fourth-order valence-electron chi connectivity index (χ4n) is 2.25. The van der Waals surface area contributed by atoms with E-state index in [1.807, 2.05) is 6.92 Å². The summed E-state index contributed by atoms with van der Waals surface area (Å²) in [6.07, 6.45) is 0.890. The van der Waals surface area contributed by atoms with Crippen molar-refractivity contribution in [3.05, 3.63) is 17.6 Å². The van der Waals surface area contributed by atoms with Crippen molar-refractivity contribution in [2.45, 2.75) is 20.3 Å². The summed E-state index contributed by atoms with van der Waals surface area (Å²) in [5.74, 6) is 2.73. The standard InChI is InChI=1S/C13H21ClN4/c1-3-12-15-11(2)10-13(16-12)18-8-6-17(5-4-14)7-9-18/h10H,3-9H2,1-2H3. The van der Waals surface area contributed by atoms with Crippen molar-refractivity contribution in [2.24, 2.45) is 0 Å². The molecule has 1 fully saturated rings. The summed E-state index contributed by atoms with van der Waals surface area (Å²) >= 11 is 5.77. The van der Waals surface area contributed by atoms with Crippen LogP contribution in [0.15, 0.2) is 6.07 Å². The minimum Gasteiger partial charge on any atom is -0.354 e. The van der Waals surface area contributed by atoms with Gasteiger partial charge in [-0.25, -0.2) is 9.97 Å². The van der Waals surface area contributed by atoms with E-state index in [0.717, 1.165) is 56.5 Å². The van der Waals surface area contributed by atoms with Crippen LogP contribution < -0.4 is 4.90 Å². The van der Waals surface area contributed by atoms with Crippen LogP contribution in [0.4, 0.5) is 5.82 Å². The third kappa shape index (κ3) is 3.33. The van der Waals surface area contributed by atoms with Gasteiger partial charge < -0.3 is 4.90 Å². The maximum absolute atomic E-state index is 5.77. The third-order valence-corrected chi connectivity index (χ3v) is 3.47. The van der Waals surface area contributed by atoms with E-state index < -0.39 is 0 Å². The Hall–Kier alpha value is -0.870. The number of aryl methyl sites for hydroxylation is 2. The highest BCUT2D eigenvalue weighted by molar-refractivity contribution is 6.18. The molecule has 0 saturated carbocycles. The zero-order valence-corrected chi connectivity index (χ0v) is 11.9. The Morgan fingerprint density at radius 3 is 2.56 bits per heavy atom. The van der Waals surface area contributed by atoms with Crippen LogP contribution in [0.5, 0.6) is 0 Å². The molecule has 1 saturated heterocycles. The van der Waals surface area contributed by atoms with Gasteiger partial charge in [0.15, 0.2) is 0 Å². The van der Waals surface area contributed by atoms with Crippen molar-refractivity contribution in [3.63, 3.8) is 0 Å². The number of piperazine rings is 1. The SMILES string of the molecule is CCc1nc(C)cc(N2CCN(CCCl)CC2)n1. The molecule has 0 amide bonds.